The van der Waals surface area contributed by atoms with E-state index in [2.05, 4.69) is 121 Å². The third kappa shape index (κ3) is 7.37. The van der Waals surface area contributed by atoms with E-state index in [0.29, 0.717) is 24.0 Å². The van der Waals surface area contributed by atoms with Gasteiger partial charge in [0, 0.05) is 18.4 Å². The lowest BCUT2D eigenvalue weighted by molar-refractivity contribution is -0.123. The summed E-state index contributed by atoms with van der Waals surface area (Å²) < 4.78 is 14.8. The van der Waals surface area contributed by atoms with Gasteiger partial charge in [0.1, 0.15) is 5.78 Å². The predicted octanol–water partition coefficient (Wildman–Crippen LogP) is 9.07. The number of rotatable bonds is 15. The van der Waals surface area contributed by atoms with E-state index in [1.807, 2.05) is 0 Å². The summed E-state index contributed by atoms with van der Waals surface area (Å²) >= 11 is 0. The normalized spacial score (nSPS) is 23.7. The molecule has 2 aromatic carbocycles. The van der Waals surface area contributed by atoms with E-state index in [9.17, 15) is 4.79 Å². The fraction of sp³-hybridized carbons (Fsp3) is 0.605. The van der Waals surface area contributed by atoms with Crippen LogP contribution in [-0.2, 0) is 13.6 Å². The molecule has 2 saturated carbocycles. The molecule has 0 amide bonds. The van der Waals surface area contributed by atoms with Crippen molar-refractivity contribution in [2.75, 3.05) is 0 Å². The highest BCUT2D eigenvalue weighted by molar-refractivity contribution is 6.99. The topological polar surface area (TPSA) is 35.5 Å². The van der Waals surface area contributed by atoms with Crippen LogP contribution in [0, 0.1) is 17.8 Å². The summed E-state index contributed by atoms with van der Waals surface area (Å²) in [4.78, 5) is 13.8. The van der Waals surface area contributed by atoms with Crippen LogP contribution in [0.1, 0.15) is 93.4 Å². The molecular formula is C38H58O3Si2. The van der Waals surface area contributed by atoms with E-state index >= 15 is 0 Å². The average molecular weight is 619 g/mol. The molecule has 2 aliphatic carbocycles. The van der Waals surface area contributed by atoms with Crippen LogP contribution in [0.3, 0.4) is 0 Å². The Hall–Kier alpha value is -1.80. The third-order valence-corrected chi connectivity index (χ3v) is 20.5. The third-order valence-electron chi connectivity index (χ3n) is 10.7. The predicted molar refractivity (Wildman–Crippen MR) is 187 cm³/mol. The van der Waals surface area contributed by atoms with Crippen LogP contribution in [-0.4, -0.2) is 34.6 Å². The van der Waals surface area contributed by atoms with E-state index in [0.717, 1.165) is 37.4 Å². The highest BCUT2D eigenvalue weighted by atomic mass is 28.4. The molecule has 5 heteroatoms. The smallest absolute Gasteiger partial charge is 0.261 e. The molecule has 0 saturated heterocycles. The first kappa shape index (κ1) is 34.1. The molecule has 2 aromatic rings. The number of ketones is 1. The van der Waals surface area contributed by atoms with E-state index in [-0.39, 0.29) is 23.2 Å². The molecule has 0 aliphatic heterocycles. The van der Waals surface area contributed by atoms with Gasteiger partial charge in [-0.3, -0.25) is 4.79 Å². The Morgan fingerprint density at radius 2 is 1.44 bits per heavy atom. The highest BCUT2D eigenvalue weighted by Gasteiger charge is 2.56. The standard InChI is InChI=1S/C38H58O3Si2/c1-8-12-13-14-21-26-36(41-42(9-2,10-3)11-4)37-34-29-31(27-30(34)28-35(37)39)40-43(38(5,6)7,32-22-17-15-18-23-32)33-24-19-16-20-25-33/h15-26,30-31,34,36-37H,8-14,27-29H2,1-7H3/b26-21+/t30-,31-,34-,36+,37+/m0/s1. The Labute approximate surface area is 265 Å². The number of hydrogen-bond acceptors (Lipinski definition) is 3. The second-order valence-electron chi connectivity index (χ2n) is 14.2. The summed E-state index contributed by atoms with van der Waals surface area (Å²) in [6, 6.07) is 25.3. The summed E-state index contributed by atoms with van der Waals surface area (Å²) in [7, 11) is -4.53. The maximum atomic E-state index is 13.8. The first-order valence-corrected chi connectivity index (χ1v) is 21.7. The van der Waals surface area contributed by atoms with Gasteiger partial charge < -0.3 is 8.85 Å². The van der Waals surface area contributed by atoms with Crippen molar-refractivity contribution in [2.24, 2.45) is 17.8 Å². The quantitative estimate of drug-likeness (QED) is 0.113. The molecule has 0 bridgehead atoms. The Morgan fingerprint density at radius 3 is 1.95 bits per heavy atom. The molecule has 2 fully saturated rings. The van der Waals surface area contributed by atoms with Gasteiger partial charge in [-0.15, -0.1) is 0 Å². The molecular weight excluding hydrogens is 561 g/mol. The lowest BCUT2D eigenvalue weighted by atomic mass is 9.87. The first-order valence-electron chi connectivity index (χ1n) is 17.3. The van der Waals surface area contributed by atoms with Crippen molar-refractivity contribution >= 4 is 32.8 Å². The van der Waals surface area contributed by atoms with Crippen molar-refractivity contribution in [3.63, 3.8) is 0 Å². The molecule has 5 atom stereocenters. The summed E-state index contributed by atoms with van der Waals surface area (Å²) in [5, 5.41) is 2.61. The van der Waals surface area contributed by atoms with Gasteiger partial charge >= 0.3 is 0 Å². The summed E-state index contributed by atoms with van der Waals surface area (Å²) in [6.45, 7) is 16.2. The molecule has 236 valence electrons. The minimum atomic E-state index is -2.64. The number of carbonyl (C=O) groups is 1. The molecule has 0 N–H and O–H groups in total. The zero-order valence-corrected chi connectivity index (χ0v) is 30.1. The molecule has 2 aliphatic rings. The zero-order valence-electron chi connectivity index (χ0n) is 28.1. The van der Waals surface area contributed by atoms with Gasteiger partial charge in [0.15, 0.2) is 8.32 Å². The molecule has 3 nitrogen and oxygen atoms in total. The van der Waals surface area contributed by atoms with Crippen molar-refractivity contribution in [1.82, 2.24) is 0 Å². The van der Waals surface area contributed by atoms with Crippen LogP contribution in [0.25, 0.3) is 0 Å². The first-order chi connectivity index (χ1) is 20.6. The highest BCUT2D eigenvalue weighted by Crippen LogP contribution is 2.51. The van der Waals surface area contributed by atoms with Crippen LogP contribution in [0.15, 0.2) is 72.8 Å². The fourth-order valence-electron chi connectivity index (χ4n) is 8.14. The summed E-state index contributed by atoms with van der Waals surface area (Å²) in [5.41, 5.74) is 0. The van der Waals surface area contributed by atoms with Gasteiger partial charge in [0.05, 0.1) is 6.10 Å². The van der Waals surface area contributed by atoms with Gasteiger partial charge in [-0.2, -0.15) is 0 Å². The lowest BCUT2D eigenvalue weighted by Crippen LogP contribution is -2.67. The Kier molecular flexibility index (Phi) is 11.9. The van der Waals surface area contributed by atoms with Gasteiger partial charge in [0.25, 0.3) is 8.32 Å². The van der Waals surface area contributed by atoms with Crippen molar-refractivity contribution in [3.05, 3.63) is 72.8 Å². The average Bonchev–Trinajstić information content (AvgIpc) is 3.53. The maximum Gasteiger partial charge on any atom is 0.261 e. The Balaban J connectivity index is 1.65. The number of allylic oxidation sites excluding steroid dienone is 1. The molecule has 0 spiro atoms. The summed E-state index contributed by atoms with van der Waals surface area (Å²) in [5.74, 6) is 1.10. The Bertz CT molecular complexity index is 1120. The number of fused-ring (bicyclic) bond motifs is 1. The molecule has 0 aromatic heterocycles. The largest absolute Gasteiger partial charge is 0.410 e. The SMILES string of the molecule is CCCCC/C=C/[C@@H](O[Si](CC)(CC)CC)[C@H]1C(=O)C[C@@H]2C[C@H](O[Si](c3ccccc3)(c3ccccc3)C(C)(C)C)C[C@@H]21. The second-order valence-corrected chi connectivity index (χ2v) is 23.2. The molecule has 43 heavy (non-hydrogen) atoms. The zero-order chi connectivity index (χ0) is 31.1. The monoisotopic (exact) mass is 618 g/mol. The van der Waals surface area contributed by atoms with Gasteiger partial charge in [0.2, 0.25) is 0 Å². The van der Waals surface area contributed by atoms with Crippen molar-refractivity contribution < 1.29 is 13.6 Å². The fourth-order valence-corrected chi connectivity index (χ4v) is 15.7. The molecule has 0 unspecified atom stereocenters. The van der Waals surface area contributed by atoms with E-state index in [4.69, 9.17) is 8.85 Å². The van der Waals surface area contributed by atoms with E-state index < -0.39 is 16.6 Å². The van der Waals surface area contributed by atoms with Crippen molar-refractivity contribution in [2.45, 2.75) is 129 Å². The number of unbranched alkanes of at least 4 members (excludes halogenated alkanes) is 3. The molecule has 4 rings (SSSR count). The van der Waals surface area contributed by atoms with Crippen molar-refractivity contribution in [3.8, 4) is 0 Å². The van der Waals surface area contributed by atoms with Crippen LogP contribution in [0.2, 0.25) is 23.2 Å². The summed E-state index contributed by atoms with van der Waals surface area (Å²) in [6.07, 6.45) is 12.0. The van der Waals surface area contributed by atoms with Crippen LogP contribution in [0.5, 0.6) is 0 Å². The van der Waals surface area contributed by atoms with Gasteiger partial charge in [-0.25, -0.2) is 0 Å². The van der Waals surface area contributed by atoms with E-state index in [1.165, 1.54) is 29.6 Å². The number of benzene rings is 2. The number of Topliss-reactive ketones (excluding diaryl/α,β-unsaturated/α-hetero) is 1. The van der Waals surface area contributed by atoms with Gasteiger partial charge in [-0.05, 0) is 71.1 Å². The van der Waals surface area contributed by atoms with Crippen LogP contribution >= 0.6 is 0 Å². The molecule has 0 radical (unpaired) electrons. The minimum Gasteiger partial charge on any atom is -0.410 e. The Morgan fingerprint density at radius 1 is 0.860 bits per heavy atom. The second kappa shape index (κ2) is 15.0. The van der Waals surface area contributed by atoms with Crippen molar-refractivity contribution in [1.29, 1.82) is 0 Å². The number of hydrogen-bond donors (Lipinski definition) is 0. The van der Waals surface area contributed by atoms with Crippen LogP contribution in [0.4, 0.5) is 0 Å². The maximum absolute atomic E-state index is 13.8. The van der Waals surface area contributed by atoms with Gasteiger partial charge in [-0.1, -0.05) is 134 Å². The lowest BCUT2D eigenvalue weighted by Gasteiger charge is -2.45. The number of carbonyl (C=O) groups excluding carboxylic acids is 1. The van der Waals surface area contributed by atoms with E-state index in [1.54, 1.807) is 0 Å². The minimum absolute atomic E-state index is 0.0447. The van der Waals surface area contributed by atoms with Crippen LogP contribution < -0.4 is 10.4 Å². The molecule has 0 heterocycles.